The molecule has 1 unspecified atom stereocenters. The minimum atomic E-state index is -0.569. The lowest BCUT2D eigenvalue weighted by atomic mass is 10.0. The first-order chi connectivity index (χ1) is 9.56. The van der Waals surface area contributed by atoms with Crippen LogP contribution in [-0.2, 0) is 13.5 Å². The maximum Gasteiger partial charge on any atom is 0.131 e. The summed E-state index contributed by atoms with van der Waals surface area (Å²) in [7, 11) is 1.83. The van der Waals surface area contributed by atoms with E-state index in [0.717, 1.165) is 23.9 Å². The number of rotatable bonds is 5. The van der Waals surface area contributed by atoms with Crippen LogP contribution < -0.4 is 5.32 Å². The summed E-state index contributed by atoms with van der Waals surface area (Å²) in [6, 6.07) is 5.29. The predicted octanol–water partition coefficient (Wildman–Crippen LogP) is 2.96. The van der Waals surface area contributed by atoms with Crippen LogP contribution in [-0.4, -0.2) is 16.3 Å². The Labute approximate surface area is 117 Å². The molecule has 0 saturated carbocycles. The van der Waals surface area contributed by atoms with Crippen molar-refractivity contribution in [3.05, 3.63) is 52.9 Å². The lowest BCUT2D eigenvalue weighted by Crippen LogP contribution is -2.25. The Morgan fingerprint density at radius 2 is 2.00 bits per heavy atom. The van der Waals surface area contributed by atoms with E-state index < -0.39 is 11.6 Å². The van der Waals surface area contributed by atoms with Gasteiger partial charge in [-0.3, -0.25) is 4.68 Å². The van der Waals surface area contributed by atoms with E-state index in [4.69, 9.17) is 0 Å². The molecule has 0 saturated heterocycles. The normalized spacial score (nSPS) is 12.7. The number of halogens is 2. The van der Waals surface area contributed by atoms with Crippen molar-refractivity contribution in [3.63, 3.8) is 0 Å². The molecular weight excluding hydrogens is 260 g/mol. The summed E-state index contributed by atoms with van der Waals surface area (Å²) in [4.78, 5) is 0. The van der Waals surface area contributed by atoms with E-state index in [1.807, 2.05) is 27.0 Å². The highest BCUT2D eigenvalue weighted by Gasteiger charge is 2.21. The molecule has 1 aromatic carbocycles. The second-order valence-corrected chi connectivity index (χ2v) is 4.69. The van der Waals surface area contributed by atoms with Crippen LogP contribution in [0.1, 0.15) is 36.8 Å². The highest BCUT2D eigenvalue weighted by Crippen LogP contribution is 2.25. The number of hydrogen-bond acceptors (Lipinski definition) is 2. The van der Waals surface area contributed by atoms with Crippen LogP contribution in [0.3, 0.4) is 0 Å². The van der Waals surface area contributed by atoms with E-state index in [1.54, 1.807) is 4.68 Å². The van der Waals surface area contributed by atoms with Crippen molar-refractivity contribution in [3.8, 4) is 0 Å². The number of aryl methyl sites for hydroxylation is 2. The average Bonchev–Trinajstić information content (AvgIpc) is 2.78. The van der Waals surface area contributed by atoms with Crippen molar-refractivity contribution in [1.82, 2.24) is 15.1 Å². The largest absolute Gasteiger partial charge is 0.305 e. The predicted molar refractivity (Wildman–Crippen MR) is 74.5 cm³/mol. The molecule has 0 fully saturated rings. The van der Waals surface area contributed by atoms with Gasteiger partial charge in [0.2, 0.25) is 0 Å². The molecule has 5 heteroatoms. The molecule has 3 nitrogen and oxygen atoms in total. The summed E-state index contributed by atoms with van der Waals surface area (Å²) in [6.07, 6.45) is 0.818. The first kappa shape index (κ1) is 14.7. The fourth-order valence-electron chi connectivity index (χ4n) is 2.30. The molecule has 0 aliphatic rings. The standard InChI is InChI=1S/C15H19F2N3/c1-4-11-9-14(20(3)19-11)15(18-5-2)12-7-6-10(16)8-13(12)17/h6-9,15,18H,4-5H2,1-3H3. The average molecular weight is 279 g/mol. The molecule has 0 bridgehead atoms. The number of nitrogens with zero attached hydrogens (tertiary/aromatic N) is 2. The van der Waals surface area contributed by atoms with Crippen molar-refractivity contribution in [2.45, 2.75) is 26.3 Å². The molecule has 0 amide bonds. The summed E-state index contributed by atoms with van der Waals surface area (Å²) in [6.45, 7) is 4.65. The molecular formula is C15H19F2N3. The first-order valence-electron chi connectivity index (χ1n) is 6.78. The first-order valence-corrected chi connectivity index (χ1v) is 6.78. The number of hydrogen-bond donors (Lipinski definition) is 1. The van der Waals surface area contributed by atoms with Crippen LogP contribution in [0.2, 0.25) is 0 Å². The zero-order valence-electron chi connectivity index (χ0n) is 12.0. The molecule has 2 rings (SSSR count). The van der Waals surface area contributed by atoms with Gasteiger partial charge in [-0.1, -0.05) is 19.9 Å². The third-order valence-electron chi connectivity index (χ3n) is 3.31. The summed E-state index contributed by atoms with van der Waals surface area (Å²) in [5.74, 6) is -1.11. The Morgan fingerprint density at radius 1 is 1.25 bits per heavy atom. The van der Waals surface area contributed by atoms with Crippen LogP contribution >= 0.6 is 0 Å². The molecule has 2 aromatic rings. The quantitative estimate of drug-likeness (QED) is 0.912. The van der Waals surface area contributed by atoms with Crippen molar-refractivity contribution < 1.29 is 8.78 Å². The van der Waals surface area contributed by atoms with Crippen LogP contribution in [0.25, 0.3) is 0 Å². The van der Waals surface area contributed by atoms with Gasteiger partial charge in [0.25, 0.3) is 0 Å². The number of nitrogens with one attached hydrogen (secondary N) is 1. The second kappa shape index (κ2) is 6.13. The Morgan fingerprint density at radius 3 is 2.55 bits per heavy atom. The van der Waals surface area contributed by atoms with E-state index in [9.17, 15) is 8.78 Å². The van der Waals surface area contributed by atoms with Gasteiger partial charge in [0, 0.05) is 18.7 Å². The van der Waals surface area contributed by atoms with Crippen LogP contribution in [0, 0.1) is 11.6 Å². The number of aromatic nitrogens is 2. The fourth-order valence-corrected chi connectivity index (χ4v) is 2.30. The minimum Gasteiger partial charge on any atom is -0.305 e. The highest BCUT2D eigenvalue weighted by molar-refractivity contribution is 5.30. The van der Waals surface area contributed by atoms with Gasteiger partial charge in [0.05, 0.1) is 17.4 Å². The molecule has 1 N–H and O–H groups in total. The monoisotopic (exact) mass is 279 g/mol. The molecule has 1 atom stereocenters. The molecule has 1 heterocycles. The molecule has 20 heavy (non-hydrogen) atoms. The SMILES string of the molecule is CCNC(c1ccc(F)cc1F)c1cc(CC)nn1C. The zero-order valence-corrected chi connectivity index (χ0v) is 12.0. The van der Waals surface area contributed by atoms with E-state index in [0.29, 0.717) is 12.1 Å². The second-order valence-electron chi connectivity index (χ2n) is 4.69. The van der Waals surface area contributed by atoms with Gasteiger partial charge in [0.15, 0.2) is 0 Å². The number of benzene rings is 1. The fraction of sp³-hybridized carbons (Fsp3) is 0.400. The smallest absolute Gasteiger partial charge is 0.131 e. The van der Waals surface area contributed by atoms with Crippen LogP contribution in [0.15, 0.2) is 24.3 Å². The lowest BCUT2D eigenvalue weighted by Gasteiger charge is -2.19. The van der Waals surface area contributed by atoms with E-state index in [-0.39, 0.29) is 6.04 Å². The van der Waals surface area contributed by atoms with Crippen molar-refractivity contribution in [2.75, 3.05) is 6.54 Å². The minimum absolute atomic E-state index is 0.335. The van der Waals surface area contributed by atoms with E-state index in [1.165, 1.54) is 12.1 Å². The maximum absolute atomic E-state index is 14.0. The highest BCUT2D eigenvalue weighted by atomic mass is 19.1. The lowest BCUT2D eigenvalue weighted by molar-refractivity contribution is 0.521. The molecule has 0 aliphatic heterocycles. The summed E-state index contributed by atoms with van der Waals surface area (Å²) in [5.41, 5.74) is 2.25. The van der Waals surface area contributed by atoms with Crippen molar-refractivity contribution in [2.24, 2.45) is 7.05 Å². The Balaban J connectivity index is 2.47. The topological polar surface area (TPSA) is 29.9 Å². The van der Waals surface area contributed by atoms with Crippen molar-refractivity contribution >= 4 is 0 Å². The van der Waals surface area contributed by atoms with Gasteiger partial charge in [-0.2, -0.15) is 5.10 Å². The van der Waals surface area contributed by atoms with Gasteiger partial charge in [-0.15, -0.1) is 0 Å². The molecule has 1 aromatic heterocycles. The van der Waals surface area contributed by atoms with Gasteiger partial charge >= 0.3 is 0 Å². The maximum atomic E-state index is 14.0. The Hall–Kier alpha value is -1.75. The molecule has 0 aliphatic carbocycles. The van der Waals surface area contributed by atoms with Gasteiger partial charge in [-0.25, -0.2) is 8.78 Å². The summed E-state index contributed by atoms with van der Waals surface area (Å²) < 4.78 is 28.8. The van der Waals surface area contributed by atoms with Crippen LogP contribution in [0.5, 0.6) is 0 Å². The molecule has 0 spiro atoms. The summed E-state index contributed by atoms with van der Waals surface area (Å²) >= 11 is 0. The van der Waals surface area contributed by atoms with Gasteiger partial charge in [0.1, 0.15) is 11.6 Å². The zero-order chi connectivity index (χ0) is 14.7. The van der Waals surface area contributed by atoms with Gasteiger partial charge in [-0.05, 0) is 25.1 Å². The molecule has 0 radical (unpaired) electrons. The van der Waals surface area contributed by atoms with Gasteiger partial charge < -0.3 is 5.32 Å². The summed E-state index contributed by atoms with van der Waals surface area (Å²) in [5, 5.41) is 7.62. The van der Waals surface area contributed by atoms with E-state index in [2.05, 4.69) is 10.4 Å². The molecule has 108 valence electrons. The third kappa shape index (κ3) is 2.88. The van der Waals surface area contributed by atoms with E-state index >= 15 is 0 Å². The third-order valence-corrected chi connectivity index (χ3v) is 3.31. The van der Waals surface area contributed by atoms with Crippen molar-refractivity contribution in [1.29, 1.82) is 0 Å². The Bertz CT molecular complexity index is 593. The Kier molecular flexibility index (Phi) is 4.49. The van der Waals surface area contributed by atoms with Crippen LogP contribution in [0.4, 0.5) is 8.78 Å².